The minimum absolute atomic E-state index is 0.0649. The molecule has 0 bridgehead atoms. The van der Waals surface area contributed by atoms with Crippen molar-refractivity contribution in [3.8, 4) is 0 Å². The molecule has 2 rings (SSSR count). The van der Waals surface area contributed by atoms with Crippen LogP contribution in [0.15, 0.2) is 53.5 Å². The minimum atomic E-state index is -1.23. The molecule has 1 atom stereocenters. The Hall–Kier alpha value is -2.36. The van der Waals surface area contributed by atoms with E-state index in [-0.39, 0.29) is 5.92 Å². The fourth-order valence-corrected chi connectivity index (χ4v) is 2.62. The van der Waals surface area contributed by atoms with Crippen molar-refractivity contribution in [1.82, 2.24) is 4.57 Å². The first kappa shape index (κ1) is 16.0. The number of hydrogen-bond acceptors (Lipinski definition) is 2. The molecule has 0 aliphatic rings. The Morgan fingerprint density at radius 1 is 1.14 bits per heavy atom. The van der Waals surface area contributed by atoms with Crippen molar-refractivity contribution < 1.29 is 9.90 Å². The van der Waals surface area contributed by atoms with Gasteiger partial charge in [-0.2, -0.15) is 0 Å². The Balaban J connectivity index is 1.90. The van der Waals surface area contributed by atoms with E-state index in [0.717, 1.165) is 30.3 Å². The zero-order chi connectivity index (χ0) is 15.9. The molecule has 0 unspecified atom stereocenters. The Labute approximate surface area is 130 Å². The maximum absolute atomic E-state index is 12.1. The lowest BCUT2D eigenvalue weighted by atomic mass is 9.95. The second kappa shape index (κ2) is 7.59. The Morgan fingerprint density at radius 3 is 2.55 bits per heavy atom. The molecule has 1 aromatic carbocycles. The van der Waals surface area contributed by atoms with Gasteiger partial charge in [-0.05, 0) is 36.8 Å². The molecule has 0 aliphatic carbocycles. The summed E-state index contributed by atoms with van der Waals surface area (Å²) in [7, 11) is 0. The molecule has 0 saturated heterocycles. The Kier molecular flexibility index (Phi) is 5.53. The van der Waals surface area contributed by atoms with Gasteiger partial charge in [0.05, 0.1) is 0 Å². The van der Waals surface area contributed by atoms with Gasteiger partial charge < -0.3 is 5.11 Å². The van der Waals surface area contributed by atoms with E-state index in [1.807, 2.05) is 25.1 Å². The number of aromatic nitrogens is 1. The number of carbonyl (C=O) groups is 1. The van der Waals surface area contributed by atoms with E-state index in [1.54, 1.807) is 12.1 Å². The lowest BCUT2D eigenvalue weighted by Gasteiger charge is -2.12. The molecule has 116 valence electrons. The van der Waals surface area contributed by atoms with E-state index in [4.69, 9.17) is 5.11 Å². The van der Waals surface area contributed by atoms with Crippen LogP contribution in [0.4, 0.5) is 4.79 Å². The molecular weight excluding hydrogens is 278 g/mol. The van der Waals surface area contributed by atoms with Gasteiger partial charge in [0.15, 0.2) is 0 Å². The van der Waals surface area contributed by atoms with E-state index >= 15 is 0 Å². The van der Waals surface area contributed by atoms with E-state index in [1.165, 1.54) is 11.8 Å². The van der Waals surface area contributed by atoms with Crippen LogP contribution in [0.1, 0.15) is 43.2 Å². The van der Waals surface area contributed by atoms with Crippen LogP contribution in [0.5, 0.6) is 0 Å². The molecule has 0 amide bonds. The van der Waals surface area contributed by atoms with Gasteiger partial charge in [-0.15, -0.1) is 0 Å². The topological polar surface area (TPSA) is 59.3 Å². The molecule has 0 spiro atoms. The van der Waals surface area contributed by atoms with Crippen molar-refractivity contribution >= 4 is 6.09 Å². The third-order valence-corrected chi connectivity index (χ3v) is 3.91. The van der Waals surface area contributed by atoms with Gasteiger partial charge in [-0.3, -0.25) is 4.79 Å². The number of carboxylic acid groups (broad SMARTS) is 1. The van der Waals surface area contributed by atoms with Gasteiger partial charge in [-0.1, -0.05) is 49.7 Å². The van der Waals surface area contributed by atoms with Crippen LogP contribution < -0.4 is 5.56 Å². The van der Waals surface area contributed by atoms with Crippen LogP contribution in [0, 0.1) is 0 Å². The van der Waals surface area contributed by atoms with Crippen LogP contribution in [0.2, 0.25) is 0 Å². The summed E-state index contributed by atoms with van der Waals surface area (Å²) in [5.41, 5.74) is 1.47. The zero-order valence-electron chi connectivity index (χ0n) is 12.7. The first-order valence-corrected chi connectivity index (χ1v) is 7.58. The van der Waals surface area contributed by atoms with Gasteiger partial charge in [0.2, 0.25) is 0 Å². The Morgan fingerprint density at radius 2 is 1.86 bits per heavy atom. The lowest BCUT2D eigenvalue weighted by Crippen LogP contribution is -2.28. The standard InChI is InChI=1S/C18H21NO3/c1-14(8-5-6-11-15-9-3-2-4-10-15)16-12-7-13-19(17(16)20)18(21)22/h2-4,7,9-10,12-14H,5-6,8,11H2,1H3,(H,21,22)/t14-/m1/s1. The van der Waals surface area contributed by atoms with Crippen molar-refractivity contribution in [2.24, 2.45) is 0 Å². The maximum atomic E-state index is 12.1. The van der Waals surface area contributed by atoms with Crippen LogP contribution in [-0.2, 0) is 6.42 Å². The van der Waals surface area contributed by atoms with Crippen LogP contribution in [-0.4, -0.2) is 15.8 Å². The lowest BCUT2D eigenvalue weighted by molar-refractivity contribution is 0.195. The largest absolute Gasteiger partial charge is 0.464 e. The fourth-order valence-electron chi connectivity index (χ4n) is 2.62. The third kappa shape index (κ3) is 4.07. The zero-order valence-corrected chi connectivity index (χ0v) is 12.7. The summed E-state index contributed by atoms with van der Waals surface area (Å²) in [6.45, 7) is 1.98. The molecule has 0 saturated carbocycles. The van der Waals surface area contributed by atoms with Crippen LogP contribution in [0.25, 0.3) is 0 Å². The highest BCUT2D eigenvalue weighted by atomic mass is 16.4. The molecule has 4 nitrogen and oxygen atoms in total. The van der Waals surface area contributed by atoms with Crippen LogP contribution >= 0.6 is 0 Å². The molecule has 0 fully saturated rings. The summed E-state index contributed by atoms with van der Waals surface area (Å²) in [4.78, 5) is 23.1. The molecule has 1 N–H and O–H groups in total. The molecule has 4 heteroatoms. The van der Waals surface area contributed by atoms with E-state index in [0.29, 0.717) is 5.56 Å². The van der Waals surface area contributed by atoms with Crippen LogP contribution in [0.3, 0.4) is 0 Å². The fraction of sp³-hybridized carbons (Fsp3) is 0.333. The number of benzene rings is 1. The highest BCUT2D eigenvalue weighted by Crippen LogP contribution is 2.19. The molecule has 0 radical (unpaired) electrons. The number of aryl methyl sites for hydroxylation is 1. The predicted octanol–water partition coefficient (Wildman–Crippen LogP) is 3.89. The monoisotopic (exact) mass is 299 g/mol. The summed E-state index contributed by atoms with van der Waals surface area (Å²) >= 11 is 0. The highest BCUT2D eigenvalue weighted by Gasteiger charge is 2.13. The van der Waals surface area contributed by atoms with E-state index < -0.39 is 11.7 Å². The number of rotatable bonds is 6. The second-order valence-corrected chi connectivity index (χ2v) is 5.55. The summed E-state index contributed by atoms with van der Waals surface area (Å²) in [6, 6.07) is 13.7. The number of nitrogens with zero attached hydrogens (tertiary/aromatic N) is 1. The van der Waals surface area contributed by atoms with Crippen molar-refractivity contribution in [1.29, 1.82) is 0 Å². The van der Waals surface area contributed by atoms with Crippen molar-refractivity contribution in [2.75, 3.05) is 0 Å². The number of pyridine rings is 1. The second-order valence-electron chi connectivity index (χ2n) is 5.55. The average Bonchev–Trinajstić information content (AvgIpc) is 2.52. The molecule has 22 heavy (non-hydrogen) atoms. The SMILES string of the molecule is C[C@H](CCCCc1ccccc1)c1cccn(C(=O)O)c1=O. The van der Waals surface area contributed by atoms with Gasteiger partial charge in [0.1, 0.15) is 0 Å². The first-order chi connectivity index (χ1) is 10.6. The maximum Gasteiger partial charge on any atom is 0.418 e. The molecule has 2 aromatic rings. The smallest absolute Gasteiger partial charge is 0.418 e. The van der Waals surface area contributed by atoms with Gasteiger partial charge in [-0.25, -0.2) is 9.36 Å². The quantitative estimate of drug-likeness (QED) is 0.823. The van der Waals surface area contributed by atoms with Crippen molar-refractivity contribution in [2.45, 2.75) is 38.5 Å². The molecular formula is C18H21NO3. The predicted molar refractivity (Wildman–Crippen MR) is 86.5 cm³/mol. The summed E-state index contributed by atoms with van der Waals surface area (Å²) in [5.74, 6) is 0.0649. The summed E-state index contributed by atoms with van der Waals surface area (Å²) < 4.78 is 0.746. The minimum Gasteiger partial charge on any atom is -0.464 e. The van der Waals surface area contributed by atoms with Gasteiger partial charge >= 0.3 is 6.09 Å². The van der Waals surface area contributed by atoms with Crippen molar-refractivity contribution in [3.05, 3.63) is 70.1 Å². The van der Waals surface area contributed by atoms with Gasteiger partial charge in [0, 0.05) is 11.8 Å². The normalized spacial score (nSPS) is 12.0. The molecule has 1 aromatic heterocycles. The van der Waals surface area contributed by atoms with E-state index in [9.17, 15) is 9.59 Å². The average molecular weight is 299 g/mol. The Bertz CT molecular complexity index is 676. The summed E-state index contributed by atoms with van der Waals surface area (Å²) in [6.07, 6.45) is 4.04. The number of hydrogen-bond donors (Lipinski definition) is 1. The van der Waals surface area contributed by atoms with Gasteiger partial charge in [0.25, 0.3) is 5.56 Å². The third-order valence-electron chi connectivity index (χ3n) is 3.91. The van der Waals surface area contributed by atoms with Crippen molar-refractivity contribution in [3.63, 3.8) is 0 Å². The van der Waals surface area contributed by atoms with E-state index in [2.05, 4.69) is 12.1 Å². The molecule has 1 heterocycles. The highest BCUT2D eigenvalue weighted by molar-refractivity contribution is 5.67. The number of unbranched alkanes of at least 4 members (excludes halogenated alkanes) is 1. The molecule has 0 aliphatic heterocycles. The summed E-state index contributed by atoms with van der Waals surface area (Å²) in [5, 5.41) is 8.98. The first-order valence-electron chi connectivity index (χ1n) is 7.58.